The minimum absolute atomic E-state index is 0.0322. The number of ether oxygens (including phenoxy) is 1. The third kappa shape index (κ3) is 6.87. The Hall–Kier alpha value is -1.81. The minimum atomic E-state index is -3.91. The Morgan fingerprint density at radius 2 is 1.94 bits per heavy atom. The molecule has 2 saturated carbocycles. The van der Waals surface area contributed by atoms with Crippen molar-refractivity contribution in [3.63, 3.8) is 0 Å². The summed E-state index contributed by atoms with van der Waals surface area (Å²) in [7, 11) is -3.91. The normalized spacial score (nSPS) is 24.1. The number of nitrogens with zero attached hydrogens (tertiary/aromatic N) is 1. The molecule has 2 aliphatic rings. The molecule has 0 spiro atoms. The van der Waals surface area contributed by atoms with Crippen LogP contribution in [-0.2, 0) is 14.6 Å². The maximum absolute atomic E-state index is 13.3. The fourth-order valence-electron chi connectivity index (χ4n) is 4.92. The molecule has 1 heterocycles. The number of halogens is 2. The van der Waals surface area contributed by atoms with Crippen molar-refractivity contribution >= 4 is 15.8 Å². The SMILES string of the molecule is Cc1ccc(S(=O)(=O)[C@H]2CCC[C@@H]2C(=O)O)c(O[C@H](C)CCCCNC2CCC(F)(F)CC2)n1. The summed E-state index contributed by atoms with van der Waals surface area (Å²) in [6.07, 6.45) is 4.18. The van der Waals surface area contributed by atoms with Crippen LogP contribution in [0.5, 0.6) is 5.88 Å². The van der Waals surface area contributed by atoms with E-state index >= 15 is 0 Å². The second-order valence-electron chi connectivity index (χ2n) is 9.72. The van der Waals surface area contributed by atoms with Crippen LogP contribution in [-0.4, -0.2) is 54.3 Å². The number of unbranched alkanes of at least 4 members (excludes halogenated alkanes) is 1. The Morgan fingerprint density at radius 3 is 2.62 bits per heavy atom. The van der Waals surface area contributed by atoms with Crippen molar-refractivity contribution in [3.8, 4) is 5.88 Å². The summed E-state index contributed by atoms with van der Waals surface area (Å²) in [4.78, 5) is 15.8. The Bertz CT molecular complexity index is 947. The summed E-state index contributed by atoms with van der Waals surface area (Å²) in [6, 6.07) is 3.21. The molecule has 2 aliphatic carbocycles. The van der Waals surface area contributed by atoms with Gasteiger partial charge in [-0.2, -0.15) is 0 Å². The van der Waals surface area contributed by atoms with Gasteiger partial charge in [-0.3, -0.25) is 4.79 Å². The van der Waals surface area contributed by atoms with Gasteiger partial charge in [-0.25, -0.2) is 22.2 Å². The van der Waals surface area contributed by atoms with E-state index in [-0.39, 0.29) is 35.8 Å². The summed E-state index contributed by atoms with van der Waals surface area (Å²) >= 11 is 0. The second-order valence-corrected chi connectivity index (χ2v) is 11.9. The molecule has 0 aromatic carbocycles. The Kier molecular flexibility index (Phi) is 8.89. The quantitative estimate of drug-likeness (QED) is 0.429. The summed E-state index contributed by atoms with van der Waals surface area (Å²) in [5.74, 6) is -4.49. The van der Waals surface area contributed by atoms with Crippen molar-refractivity contribution in [2.24, 2.45) is 5.92 Å². The molecule has 192 valence electrons. The summed E-state index contributed by atoms with van der Waals surface area (Å²) in [6.45, 7) is 4.34. The number of aliphatic carboxylic acids is 1. The van der Waals surface area contributed by atoms with E-state index in [0.717, 1.165) is 19.4 Å². The van der Waals surface area contributed by atoms with Crippen molar-refractivity contribution in [2.45, 2.75) is 106 Å². The van der Waals surface area contributed by atoms with Crippen LogP contribution >= 0.6 is 0 Å². The Morgan fingerprint density at radius 1 is 1.24 bits per heavy atom. The smallest absolute Gasteiger partial charge is 0.307 e. The summed E-state index contributed by atoms with van der Waals surface area (Å²) in [5.41, 5.74) is 0.615. The fraction of sp³-hybridized carbons (Fsp3) is 0.750. The molecule has 0 saturated heterocycles. The number of aromatic nitrogens is 1. The number of nitrogens with one attached hydrogen (secondary N) is 1. The number of hydrogen-bond donors (Lipinski definition) is 2. The van der Waals surface area contributed by atoms with Crippen molar-refractivity contribution in [3.05, 3.63) is 17.8 Å². The molecule has 0 amide bonds. The number of carbonyl (C=O) groups is 1. The number of rotatable bonds is 11. The number of aryl methyl sites for hydroxylation is 1. The highest BCUT2D eigenvalue weighted by Gasteiger charge is 2.43. The van der Waals surface area contributed by atoms with Gasteiger partial charge in [-0.15, -0.1) is 0 Å². The lowest BCUT2D eigenvalue weighted by Gasteiger charge is -2.29. The number of carboxylic acids is 1. The molecule has 34 heavy (non-hydrogen) atoms. The molecule has 0 aliphatic heterocycles. The van der Waals surface area contributed by atoms with Crippen molar-refractivity contribution in [1.29, 1.82) is 0 Å². The van der Waals surface area contributed by atoms with Crippen LogP contribution in [0.15, 0.2) is 17.0 Å². The summed E-state index contributed by atoms with van der Waals surface area (Å²) < 4.78 is 59.1. The van der Waals surface area contributed by atoms with E-state index in [4.69, 9.17) is 4.74 Å². The molecule has 0 radical (unpaired) electrons. The van der Waals surface area contributed by atoms with Crippen molar-refractivity contribution < 1.29 is 31.8 Å². The third-order valence-electron chi connectivity index (χ3n) is 6.94. The first kappa shape index (κ1) is 26.8. The summed E-state index contributed by atoms with van der Waals surface area (Å²) in [5, 5.41) is 11.8. The van der Waals surface area contributed by atoms with Gasteiger partial charge >= 0.3 is 5.97 Å². The van der Waals surface area contributed by atoms with Gasteiger partial charge in [0.05, 0.1) is 17.3 Å². The fourth-order valence-corrected chi connectivity index (χ4v) is 7.00. The van der Waals surface area contributed by atoms with E-state index in [9.17, 15) is 27.1 Å². The van der Waals surface area contributed by atoms with Gasteiger partial charge in [-0.05, 0) is 77.5 Å². The lowest BCUT2D eigenvalue weighted by Crippen LogP contribution is -2.37. The topological polar surface area (TPSA) is 106 Å². The van der Waals surface area contributed by atoms with E-state index in [1.165, 1.54) is 6.07 Å². The number of alkyl halides is 2. The first-order chi connectivity index (χ1) is 16.0. The highest BCUT2D eigenvalue weighted by molar-refractivity contribution is 7.92. The zero-order valence-corrected chi connectivity index (χ0v) is 20.8. The highest BCUT2D eigenvalue weighted by atomic mass is 32.2. The van der Waals surface area contributed by atoms with E-state index in [1.807, 2.05) is 6.92 Å². The van der Waals surface area contributed by atoms with Crippen molar-refractivity contribution in [2.75, 3.05) is 6.54 Å². The molecule has 2 fully saturated rings. The average Bonchev–Trinajstić information content (AvgIpc) is 3.26. The molecule has 7 nitrogen and oxygen atoms in total. The molecule has 1 aromatic heterocycles. The van der Waals surface area contributed by atoms with Gasteiger partial charge in [0.15, 0.2) is 9.84 Å². The lowest BCUT2D eigenvalue weighted by atomic mass is 9.92. The number of hydrogen-bond acceptors (Lipinski definition) is 6. The molecule has 1 aromatic rings. The molecule has 2 N–H and O–H groups in total. The lowest BCUT2D eigenvalue weighted by molar-refractivity contribution is -0.141. The monoisotopic (exact) mass is 502 g/mol. The van der Waals surface area contributed by atoms with Crippen LogP contribution in [0, 0.1) is 12.8 Å². The number of sulfone groups is 1. The number of carboxylic acid groups (broad SMARTS) is 1. The molecule has 3 rings (SSSR count). The maximum Gasteiger partial charge on any atom is 0.307 e. The van der Waals surface area contributed by atoms with Gasteiger partial charge in [0.1, 0.15) is 4.90 Å². The third-order valence-corrected chi connectivity index (χ3v) is 9.22. The van der Waals surface area contributed by atoms with Crippen LogP contribution in [0.2, 0.25) is 0 Å². The zero-order valence-electron chi connectivity index (χ0n) is 19.9. The van der Waals surface area contributed by atoms with Crippen molar-refractivity contribution in [1.82, 2.24) is 10.3 Å². The second kappa shape index (κ2) is 11.3. The largest absolute Gasteiger partial charge is 0.481 e. The molecule has 0 bridgehead atoms. The van der Waals surface area contributed by atoms with Gasteiger partial charge in [0.25, 0.3) is 0 Å². The van der Waals surface area contributed by atoms with E-state index in [0.29, 0.717) is 44.2 Å². The van der Waals surface area contributed by atoms with Gasteiger partial charge < -0.3 is 15.2 Å². The minimum Gasteiger partial charge on any atom is -0.481 e. The maximum atomic E-state index is 13.3. The van der Waals surface area contributed by atoms with Gasteiger partial charge in [-0.1, -0.05) is 6.42 Å². The first-order valence-electron chi connectivity index (χ1n) is 12.2. The standard InChI is InChI=1S/C24H36F2N2O5S/c1-16-9-10-21(34(31,32)20-8-5-7-19(20)23(29)30)22(28-16)33-17(2)6-3-4-15-27-18-11-13-24(25,26)14-12-18/h9-10,17-20,27H,3-8,11-15H2,1-2H3,(H,29,30)/t17-,19+,20+/m1/s1. The average molecular weight is 503 g/mol. The van der Waals surface area contributed by atoms with Crippen LogP contribution in [0.4, 0.5) is 8.78 Å². The molecular weight excluding hydrogens is 466 g/mol. The van der Waals surface area contributed by atoms with Crippen LogP contribution in [0.1, 0.15) is 76.8 Å². The van der Waals surface area contributed by atoms with Gasteiger partial charge in [0.2, 0.25) is 11.8 Å². The van der Waals surface area contributed by atoms with E-state index in [2.05, 4.69) is 10.3 Å². The zero-order chi connectivity index (χ0) is 24.9. The molecular formula is C24H36F2N2O5S. The molecule has 0 unspecified atom stereocenters. The predicted octanol–water partition coefficient (Wildman–Crippen LogP) is 4.52. The number of pyridine rings is 1. The Balaban J connectivity index is 1.53. The molecule has 3 atom stereocenters. The van der Waals surface area contributed by atoms with Crippen LogP contribution in [0.3, 0.4) is 0 Å². The van der Waals surface area contributed by atoms with E-state index < -0.39 is 32.9 Å². The first-order valence-corrected chi connectivity index (χ1v) is 13.8. The predicted molar refractivity (Wildman–Crippen MR) is 124 cm³/mol. The molecule has 10 heteroatoms. The van der Waals surface area contributed by atoms with Crippen LogP contribution in [0.25, 0.3) is 0 Å². The van der Waals surface area contributed by atoms with E-state index in [1.54, 1.807) is 13.0 Å². The highest BCUT2D eigenvalue weighted by Crippen LogP contribution is 2.38. The van der Waals surface area contributed by atoms with Crippen LogP contribution < -0.4 is 10.1 Å². The Labute approximate surface area is 200 Å². The van der Waals surface area contributed by atoms with Gasteiger partial charge in [0, 0.05) is 24.6 Å².